The van der Waals surface area contributed by atoms with Crippen molar-refractivity contribution >= 4 is 5.97 Å². The molecule has 0 amide bonds. The van der Waals surface area contributed by atoms with E-state index < -0.39 is 24.6 Å². The number of carbonyl (C=O) groups excluding carboxylic acids is 1. The zero-order valence-corrected chi connectivity index (χ0v) is 14.4. The van der Waals surface area contributed by atoms with E-state index in [1.54, 1.807) is 0 Å². The van der Waals surface area contributed by atoms with Gasteiger partial charge in [0.25, 0.3) is 0 Å². The lowest BCUT2D eigenvalue weighted by molar-refractivity contribution is -0.157. The highest BCUT2D eigenvalue weighted by Gasteiger charge is 2.34. The molecule has 0 aromatic carbocycles. The van der Waals surface area contributed by atoms with E-state index in [1.807, 2.05) is 0 Å². The van der Waals surface area contributed by atoms with E-state index >= 15 is 0 Å². The molecule has 0 heterocycles. The van der Waals surface area contributed by atoms with Gasteiger partial charge in [0.15, 0.2) is 0 Å². The maximum atomic E-state index is 12.4. The third-order valence-electron chi connectivity index (χ3n) is 4.61. The van der Waals surface area contributed by atoms with Crippen LogP contribution in [0.1, 0.15) is 59.3 Å². The number of nitrogens with zero attached hydrogens (tertiary/aromatic N) is 3. The van der Waals surface area contributed by atoms with Crippen LogP contribution in [0.3, 0.4) is 0 Å². The van der Waals surface area contributed by atoms with E-state index in [1.165, 1.54) is 0 Å². The largest absolute Gasteiger partial charge is 0.462 e. The Balaban J connectivity index is 2.55. The molecule has 4 atom stereocenters. The molecular weight excluding hydrogens is 323 g/mol. The van der Waals surface area contributed by atoms with Gasteiger partial charge in [-0.2, -0.15) is 13.2 Å². The third kappa shape index (κ3) is 7.43. The molecular formula is C16H26F3N3O2. The van der Waals surface area contributed by atoms with E-state index in [2.05, 4.69) is 30.8 Å². The number of carbonyl (C=O) groups is 1. The molecule has 0 aliphatic heterocycles. The molecule has 0 saturated heterocycles. The number of esters is 1. The summed E-state index contributed by atoms with van der Waals surface area (Å²) in [6, 6.07) is -1.27. The van der Waals surface area contributed by atoms with Crippen molar-refractivity contribution in [3.63, 3.8) is 0 Å². The van der Waals surface area contributed by atoms with Gasteiger partial charge in [0.1, 0.15) is 6.10 Å². The van der Waals surface area contributed by atoms with Crippen LogP contribution < -0.4 is 0 Å². The van der Waals surface area contributed by atoms with Crippen molar-refractivity contribution in [2.45, 2.75) is 77.6 Å². The summed E-state index contributed by atoms with van der Waals surface area (Å²) in [6.45, 7) is 6.28. The Labute approximate surface area is 140 Å². The van der Waals surface area contributed by atoms with Crippen LogP contribution in [0.25, 0.3) is 10.4 Å². The first-order chi connectivity index (χ1) is 11.1. The fourth-order valence-electron chi connectivity index (χ4n) is 3.30. The number of hydrogen-bond donors (Lipinski definition) is 0. The molecule has 0 spiro atoms. The number of rotatable bonds is 7. The highest BCUT2D eigenvalue weighted by molar-refractivity contribution is 5.69. The summed E-state index contributed by atoms with van der Waals surface area (Å²) in [5.74, 6) is 0.628. The molecule has 0 aromatic heterocycles. The minimum Gasteiger partial charge on any atom is -0.462 e. The van der Waals surface area contributed by atoms with Gasteiger partial charge in [-0.3, -0.25) is 4.79 Å². The fourth-order valence-corrected chi connectivity index (χ4v) is 3.30. The molecule has 1 fully saturated rings. The standard InChI is InChI=1S/C16H26F3N3O2/c1-10(2)13-6-4-11(3)8-14(13)24-15(23)7-5-12(21-22-20)9-16(17,18)19/h10-14H,4-9H2,1-3H3/t11-,12?,13+,14-/m1/s1. The summed E-state index contributed by atoms with van der Waals surface area (Å²) in [6.07, 6.45) is -3.28. The van der Waals surface area contributed by atoms with Gasteiger partial charge in [-0.15, -0.1) is 0 Å². The molecule has 0 aromatic rings. The summed E-state index contributed by atoms with van der Waals surface area (Å²) in [5, 5.41) is 3.14. The molecule has 0 bridgehead atoms. The number of alkyl halides is 3. The van der Waals surface area contributed by atoms with Crippen molar-refractivity contribution in [1.82, 2.24) is 0 Å². The Morgan fingerprint density at radius 3 is 2.58 bits per heavy atom. The first-order valence-electron chi connectivity index (χ1n) is 8.42. The van der Waals surface area contributed by atoms with Crippen molar-refractivity contribution < 1.29 is 22.7 Å². The highest BCUT2D eigenvalue weighted by Crippen LogP contribution is 2.35. The molecule has 138 valence electrons. The first kappa shape index (κ1) is 20.6. The minimum atomic E-state index is -4.43. The van der Waals surface area contributed by atoms with Gasteiger partial charge < -0.3 is 4.74 Å². The monoisotopic (exact) mass is 349 g/mol. The molecule has 1 unspecified atom stereocenters. The van der Waals surface area contributed by atoms with Crippen LogP contribution in [0.2, 0.25) is 0 Å². The van der Waals surface area contributed by atoms with Crippen LogP contribution in [-0.2, 0) is 9.53 Å². The van der Waals surface area contributed by atoms with Crippen molar-refractivity contribution in [3.8, 4) is 0 Å². The molecule has 1 rings (SSSR count). The Bertz CT molecular complexity index is 462. The van der Waals surface area contributed by atoms with E-state index in [9.17, 15) is 18.0 Å². The Morgan fingerprint density at radius 2 is 2.04 bits per heavy atom. The van der Waals surface area contributed by atoms with Crippen LogP contribution in [0.5, 0.6) is 0 Å². The average molecular weight is 349 g/mol. The quantitative estimate of drug-likeness (QED) is 0.267. The number of halogens is 3. The molecule has 0 radical (unpaired) electrons. The van der Waals surface area contributed by atoms with Gasteiger partial charge in [-0.25, -0.2) is 0 Å². The van der Waals surface area contributed by atoms with Crippen LogP contribution in [0.4, 0.5) is 13.2 Å². The lowest BCUT2D eigenvalue weighted by Crippen LogP contribution is -2.36. The van der Waals surface area contributed by atoms with Gasteiger partial charge in [0.2, 0.25) is 0 Å². The SMILES string of the molecule is CC(C)[C@@H]1CC[C@@H](C)C[C@H]1OC(=O)CCC(CC(F)(F)F)N=[N+]=[N-]. The maximum Gasteiger partial charge on any atom is 0.389 e. The van der Waals surface area contributed by atoms with E-state index in [0.717, 1.165) is 19.3 Å². The zero-order chi connectivity index (χ0) is 18.3. The smallest absolute Gasteiger partial charge is 0.389 e. The topological polar surface area (TPSA) is 75.1 Å². The molecule has 1 saturated carbocycles. The van der Waals surface area contributed by atoms with E-state index in [0.29, 0.717) is 11.8 Å². The Morgan fingerprint density at radius 1 is 1.38 bits per heavy atom. The predicted molar refractivity (Wildman–Crippen MR) is 84.1 cm³/mol. The first-order valence-corrected chi connectivity index (χ1v) is 8.42. The molecule has 0 N–H and O–H groups in total. The van der Waals surface area contributed by atoms with Crippen LogP contribution >= 0.6 is 0 Å². The number of hydrogen-bond acceptors (Lipinski definition) is 3. The van der Waals surface area contributed by atoms with Crippen LogP contribution in [-0.4, -0.2) is 24.3 Å². The Hall–Kier alpha value is -1.43. The summed E-state index contributed by atoms with van der Waals surface area (Å²) < 4.78 is 42.8. The highest BCUT2D eigenvalue weighted by atomic mass is 19.4. The second-order valence-electron chi connectivity index (χ2n) is 7.07. The van der Waals surface area contributed by atoms with Crippen molar-refractivity contribution in [2.24, 2.45) is 22.9 Å². The minimum absolute atomic E-state index is 0.156. The van der Waals surface area contributed by atoms with Gasteiger partial charge in [0, 0.05) is 17.4 Å². The summed E-state index contributed by atoms with van der Waals surface area (Å²) >= 11 is 0. The van der Waals surface area contributed by atoms with Gasteiger partial charge in [0.05, 0.1) is 6.42 Å². The molecule has 8 heteroatoms. The second-order valence-corrected chi connectivity index (χ2v) is 7.07. The lowest BCUT2D eigenvalue weighted by atomic mass is 9.75. The molecule has 1 aliphatic carbocycles. The summed E-state index contributed by atoms with van der Waals surface area (Å²) in [7, 11) is 0. The summed E-state index contributed by atoms with van der Waals surface area (Å²) in [4.78, 5) is 14.5. The lowest BCUT2D eigenvalue weighted by Gasteiger charge is -2.36. The van der Waals surface area contributed by atoms with Gasteiger partial charge in [-0.1, -0.05) is 32.3 Å². The number of ether oxygens (including phenoxy) is 1. The van der Waals surface area contributed by atoms with Gasteiger partial charge >= 0.3 is 12.1 Å². The molecule has 5 nitrogen and oxygen atoms in total. The average Bonchev–Trinajstić information content (AvgIpc) is 2.43. The van der Waals surface area contributed by atoms with Crippen molar-refractivity contribution in [2.75, 3.05) is 0 Å². The zero-order valence-electron chi connectivity index (χ0n) is 14.4. The molecule has 24 heavy (non-hydrogen) atoms. The summed E-state index contributed by atoms with van der Waals surface area (Å²) in [5.41, 5.74) is 8.36. The Kier molecular flexibility index (Phi) is 7.87. The predicted octanol–water partition coefficient (Wildman–Crippen LogP) is 5.40. The van der Waals surface area contributed by atoms with E-state index in [4.69, 9.17) is 10.3 Å². The fraction of sp³-hybridized carbons (Fsp3) is 0.938. The van der Waals surface area contributed by atoms with Crippen molar-refractivity contribution in [3.05, 3.63) is 10.4 Å². The van der Waals surface area contributed by atoms with Crippen LogP contribution in [0, 0.1) is 17.8 Å². The van der Waals surface area contributed by atoms with E-state index in [-0.39, 0.29) is 24.9 Å². The van der Waals surface area contributed by atoms with Crippen LogP contribution in [0.15, 0.2) is 5.11 Å². The third-order valence-corrected chi connectivity index (χ3v) is 4.61. The molecule has 1 aliphatic rings. The number of azide groups is 1. The second kappa shape index (κ2) is 9.16. The van der Waals surface area contributed by atoms with Gasteiger partial charge in [-0.05, 0) is 42.5 Å². The normalized spacial score (nSPS) is 25.9. The maximum absolute atomic E-state index is 12.4. The van der Waals surface area contributed by atoms with Crippen molar-refractivity contribution in [1.29, 1.82) is 0 Å².